The van der Waals surface area contributed by atoms with Gasteiger partial charge >= 0.3 is 0 Å². The minimum Gasteiger partial charge on any atom is -0.310 e. The number of benzene rings is 10. The quantitative estimate of drug-likeness (QED) is 0.141. The Balaban J connectivity index is 0.995. The van der Waals surface area contributed by atoms with Crippen molar-refractivity contribution in [3.63, 3.8) is 0 Å². The van der Waals surface area contributed by atoms with E-state index in [9.17, 15) is 0 Å². The molecule has 0 atom stereocenters. The van der Waals surface area contributed by atoms with E-state index >= 15 is 0 Å². The van der Waals surface area contributed by atoms with Gasteiger partial charge in [0.1, 0.15) is 204 Å². The van der Waals surface area contributed by atoms with Crippen molar-refractivity contribution in [3.8, 4) is 67.0 Å². The van der Waals surface area contributed by atoms with Crippen LogP contribution in [0.5, 0.6) is 0 Å². The van der Waals surface area contributed by atoms with Crippen LogP contribution < -0.4 is 142 Å². The van der Waals surface area contributed by atoms with E-state index in [2.05, 4.69) is 298 Å². The Kier molecular flexibility index (Phi) is 15.5. The van der Waals surface area contributed by atoms with Gasteiger partial charge in [0, 0.05) is 32.9 Å². The molecule has 0 radical (unpaired) electrons. The lowest BCUT2D eigenvalue weighted by molar-refractivity contribution is 1.21. The first-order valence-electron chi connectivity index (χ1n) is 32.2. The smallest absolute Gasteiger partial charge is 0.142 e. The lowest BCUT2D eigenvalue weighted by Crippen LogP contribution is -2.57. The number of nitrogens with zero attached hydrogens (tertiary/aromatic N) is 2. The molecule has 88 heavy (non-hydrogen) atoms. The van der Waals surface area contributed by atoms with Crippen molar-refractivity contribution in [3.05, 3.63) is 84.9 Å². The highest BCUT2D eigenvalue weighted by Crippen LogP contribution is 2.38. The van der Waals surface area contributed by atoms with Gasteiger partial charge in [-0.2, -0.15) is 0 Å². The van der Waals surface area contributed by atoms with Crippen molar-refractivity contribution < 1.29 is 0 Å². The molecule has 12 aromatic rings. The zero-order chi connectivity index (χ0) is 63.6. The third-order valence-corrected chi connectivity index (χ3v) is 23.5. The summed E-state index contributed by atoms with van der Waals surface area (Å²) in [6, 6.07) is 32.6. The van der Waals surface area contributed by atoms with Gasteiger partial charge in [0.15, 0.2) is 0 Å². The van der Waals surface area contributed by atoms with Crippen LogP contribution in [0.4, 0.5) is 0 Å². The van der Waals surface area contributed by atoms with Crippen LogP contribution in [0.1, 0.15) is 0 Å². The second-order valence-corrected chi connectivity index (χ2v) is 27.1. The molecule has 0 unspecified atom stereocenters. The van der Waals surface area contributed by atoms with Crippen molar-refractivity contribution in [2.24, 2.45) is 0 Å². The Morgan fingerprint density at radius 3 is 0.659 bits per heavy atom. The van der Waals surface area contributed by atoms with Gasteiger partial charge in [-0.15, -0.1) is 32.8 Å². The van der Waals surface area contributed by atoms with Crippen molar-refractivity contribution >= 4 is 390 Å². The molecule has 0 aliphatic heterocycles. The highest BCUT2D eigenvalue weighted by Gasteiger charge is 2.29. The normalized spacial score (nSPS) is 11.7. The molecule has 0 aliphatic rings. The van der Waals surface area contributed by atoms with Crippen LogP contribution in [0.2, 0.25) is 0 Å². The van der Waals surface area contributed by atoms with E-state index in [1.54, 1.807) is 0 Å². The van der Waals surface area contributed by atoms with E-state index < -0.39 is 0 Å². The first-order valence-corrected chi connectivity index (χ1v) is 32.2. The van der Waals surface area contributed by atoms with Crippen LogP contribution in [-0.4, -0.2) is 213 Å². The fourth-order valence-corrected chi connectivity index (χ4v) is 16.7. The van der Waals surface area contributed by atoms with Gasteiger partial charge in [0.05, 0.1) is 22.1 Å². The molecular weight excluding hydrogens is 1030 g/mol. The number of para-hydroxylation sites is 2. The zero-order valence-corrected chi connectivity index (χ0v) is 58.0. The Morgan fingerprint density at radius 2 is 0.364 bits per heavy atom. The summed E-state index contributed by atoms with van der Waals surface area (Å²) in [6.07, 6.45) is 0. The number of fused-ring (bicyclic) bond motifs is 6. The minimum atomic E-state index is 1.22. The van der Waals surface area contributed by atoms with Crippen LogP contribution in [0.3, 0.4) is 0 Å². The van der Waals surface area contributed by atoms with Crippen molar-refractivity contribution in [2.45, 2.75) is 0 Å². The largest absolute Gasteiger partial charge is 0.310 e. The topological polar surface area (TPSA) is 9.86 Å². The lowest BCUT2D eigenvalue weighted by Gasteiger charge is -2.30. The molecule has 2 aromatic heterocycles. The molecule has 12 rings (SSSR count). The third kappa shape index (κ3) is 8.68. The third-order valence-electron chi connectivity index (χ3n) is 23.5. The minimum absolute atomic E-state index is 1.22. The van der Waals surface area contributed by atoms with Crippen molar-refractivity contribution in [1.82, 2.24) is 9.13 Å². The molecule has 2 heterocycles. The summed E-state index contributed by atoms with van der Waals surface area (Å²) in [5, 5.41) is 5.06. The van der Waals surface area contributed by atoms with E-state index in [0.29, 0.717) is 0 Å². The van der Waals surface area contributed by atoms with Crippen LogP contribution in [0, 0.1) is 0 Å². The van der Waals surface area contributed by atoms with Crippen LogP contribution >= 0.6 is 0 Å². The Morgan fingerprint density at radius 1 is 0.170 bits per heavy atom. The monoisotopic (exact) mass is 1100 g/mol. The Bertz CT molecular complexity index is 5030. The fraction of sp³-hybridized carbons (Fsp3) is 0. The molecule has 10 aromatic carbocycles. The summed E-state index contributed by atoms with van der Waals surface area (Å²) >= 11 is 0. The maximum absolute atomic E-state index is 2.59. The van der Waals surface area contributed by atoms with Gasteiger partial charge in [0.2, 0.25) is 0 Å². The molecule has 0 saturated carbocycles. The van der Waals surface area contributed by atoms with Crippen molar-refractivity contribution in [2.75, 3.05) is 0 Å². The van der Waals surface area contributed by atoms with Gasteiger partial charge in [-0.25, -0.2) is 0 Å². The molecule has 0 N–H and O–H groups in total. The lowest BCUT2D eigenvalue weighted by atomic mass is 9.55. The molecule has 0 aliphatic carbocycles. The first kappa shape index (κ1) is 61.7. The van der Waals surface area contributed by atoms with Gasteiger partial charge in [0.25, 0.3) is 0 Å². The highest BCUT2D eigenvalue weighted by molar-refractivity contribution is 6.74. The van der Waals surface area contributed by atoms with Crippen LogP contribution in [0.25, 0.3) is 111 Å². The maximum Gasteiger partial charge on any atom is 0.142 e. The molecule has 28 heteroatoms. The molecule has 2 nitrogen and oxygen atoms in total. The summed E-state index contributed by atoms with van der Waals surface area (Å²) in [6.45, 7) is 0. The van der Waals surface area contributed by atoms with Gasteiger partial charge in [-0.3, -0.25) is 0 Å². The van der Waals surface area contributed by atoms with Gasteiger partial charge in [-0.05, 0) is 92.0 Å². The van der Waals surface area contributed by atoms with E-state index in [0.717, 1.165) is 0 Å². The van der Waals surface area contributed by atoms with E-state index in [1.807, 2.05) is 0 Å². The summed E-state index contributed by atoms with van der Waals surface area (Å²) in [5.74, 6) is 0. The van der Waals surface area contributed by atoms with E-state index in [4.69, 9.17) is 0 Å². The second-order valence-electron chi connectivity index (χ2n) is 27.1. The number of aromatic nitrogens is 2. The predicted octanol–water partition coefficient (Wildman–Crippen LogP) is -29.1. The fourth-order valence-electron chi connectivity index (χ4n) is 16.7. The summed E-state index contributed by atoms with van der Waals surface area (Å²) in [7, 11) is 61.0. The zero-order valence-electron chi connectivity index (χ0n) is 58.0. The van der Waals surface area contributed by atoms with Crippen LogP contribution in [-0.2, 0) is 0 Å². The molecule has 0 fully saturated rings. The van der Waals surface area contributed by atoms with Crippen LogP contribution in [0.15, 0.2) is 84.9 Å². The van der Waals surface area contributed by atoms with E-state index in [-0.39, 0.29) is 0 Å². The van der Waals surface area contributed by atoms with Gasteiger partial charge in [-0.1, -0.05) is 158 Å². The Hall–Kier alpha value is -6.51. The number of hydrogen-bond acceptors (Lipinski definition) is 0. The summed E-state index contributed by atoms with van der Waals surface area (Å²) in [5.41, 5.74) is 56.9. The standard InChI is InChI=1S/C60H66B26N2/c61-33-25(28-41(69)49(77)54(82)50(78)42(28)70)34(62)38(66)27(37(33)65)30-46(74)56(84)60(57(85)47(30)75)88-22-8-4-2-6-18(22)20-14-16(10-12-24(20)88)15-9-11-23-19(13-15)17-5-1-3-7-21(17)87(23)59-48(76)32(45(73)53(81)58(59)86)31-39(67)35(63)26(36(64)40(31)68)29-43(71)51(79)55(83)52(80)44(29)72/h1-14H,61-86H2. The highest BCUT2D eigenvalue weighted by atomic mass is 15.0. The Labute approximate surface area is 546 Å². The summed E-state index contributed by atoms with van der Waals surface area (Å²) in [4.78, 5) is 0. The number of rotatable bonds is 7. The molecule has 0 bridgehead atoms. The summed E-state index contributed by atoms with van der Waals surface area (Å²) < 4.78 is 5.16. The maximum atomic E-state index is 2.59. The molecular formula is C60H66B26N2. The van der Waals surface area contributed by atoms with Gasteiger partial charge < -0.3 is 9.13 Å². The predicted molar refractivity (Wildman–Crippen MR) is 475 cm³/mol. The molecule has 0 amide bonds. The van der Waals surface area contributed by atoms with Crippen molar-refractivity contribution in [1.29, 1.82) is 0 Å². The SMILES string of the molecule is Bc1c(B)c(B)c(-c2c(B)c(B)c(-c3c(B)c(B)c(-n4c5ccccc5c5cc(-c6ccc7c(c6)c6ccccc6n7-c6c(B)c(B)c(B)c(-c7c(B)c(B)c(-c8c(B)c(B)c(B)c(B)c8B)c(B)c7B)c6B)ccc54)c(B)c3B)c(B)c2B)c(B)c1B. The average molecular weight is 1100 g/mol. The molecule has 394 valence electrons. The molecule has 0 spiro atoms. The number of hydrogen-bond donors (Lipinski definition) is 0. The second kappa shape index (κ2) is 22.2. The average Bonchev–Trinajstić information content (AvgIpc) is 1.51. The van der Waals surface area contributed by atoms with E-state index in [1.165, 1.54) is 253 Å². The molecule has 0 saturated heterocycles. The first-order chi connectivity index (χ1) is 41.6.